The van der Waals surface area contributed by atoms with Crippen molar-refractivity contribution in [1.82, 2.24) is 0 Å². The second kappa shape index (κ2) is 19.0. The monoisotopic (exact) mass is 788 g/mol. The number of rotatable bonds is 18. The van der Waals surface area contributed by atoms with E-state index in [0.29, 0.717) is 56.9 Å². The lowest BCUT2D eigenvalue weighted by molar-refractivity contribution is -0.131. The van der Waals surface area contributed by atoms with E-state index < -0.39 is 40.4 Å². The lowest BCUT2D eigenvalue weighted by atomic mass is 9.64. The minimum absolute atomic E-state index is 0.122. The van der Waals surface area contributed by atoms with Gasteiger partial charge in [-0.3, -0.25) is 19.2 Å². The number of hydrogen-bond donors (Lipinski definition) is 0. The third-order valence-electron chi connectivity index (χ3n) is 10.4. The first kappa shape index (κ1) is 42.5. The van der Waals surface area contributed by atoms with Crippen LogP contribution in [0.1, 0.15) is 40.7 Å². The van der Waals surface area contributed by atoms with Crippen LogP contribution in [0.5, 0.6) is 40.2 Å². The van der Waals surface area contributed by atoms with Gasteiger partial charge in [-0.05, 0) is 108 Å². The van der Waals surface area contributed by atoms with Crippen LogP contribution in [0.3, 0.4) is 0 Å². The van der Waals surface area contributed by atoms with E-state index in [1.165, 1.54) is 60.9 Å². The molecule has 0 radical (unpaired) electrons. The molecule has 0 saturated heterocycles. The highest BCUT2D eigenvalue weighted by atomic mass is 16.5. The Hall–Kier alpha value is -6.62. The fraction of sp³-hybridized carbons (Fsp3) is 0.277. The highest BCUT2D eigenvalue weighted by Gasteiger charge is 2.56. The largest absolute Gasteiger partial charge is 0.496 e. The molecule has 2 atom stereocenters. The molecule has 0 aromatic heterocycles. The maximum Gasteiger partial charge on any atom is 0.167 e. The summed E-state index contributed by atoms with van der Waals surface area (Å²) in [5, 5.41) is 0. The standard InChI is InChI=1S/C47H48O11/c1-29-23-30(12-19-39(29)52-2)9-16-35(48)34-27-47(28-38(34)51,33-15-22-42(55-5)45(26-33)58-8)46(36(49)17-10-31-13-20-40(53-3)43(24-31)56-6)37(50)18-11-32-14-21-41(54-4)44(25-32)57-7/h9-26,34,46H,27-28H2,1-8H3/b16-9+,17-10+,18-11+. The minimum atomic E-state index is -1.47. The van der Waals surface area contributed by atoms with E-state index in [0.717, 1.165) is 11.1 Å². The van der Waals surface area contributed by atoms with Crippen LogP contribution >= 0.6 is 0 Å². The summed E-state index contributed by atoms with van der Waals surface area (Å²) in [5.41, 5.74) is 1.82. The molecule has 302 valence electrons. The number of methoxy groups -OCH3 is 7. The first-order chi connectivity index (χ1) is 27.9. The first-order valence-electron chi connectivity index (χ1n) is 18.4. The van der Waals surface area contributed by atoms with Gasteiger partial charge in [-0.15, -0.1) is 0 Å². The minimum Gasteiger partial charge on any atom is -0.496 e. The summed E-state index contributed by atoms with van der Waals surface area (Å²) in [6.45, 7) is 1.89. The Labute approximate surface area is 338 Å². The van der Waals surface area contributed by atoms with Gasteiger partial charge in [-0.25, -0.2) is 0 Å². The fourth-order valence-electron chi connectivity index (χ4n) is 7.44. The smallest absolute Gasteiger partial charge is 0.167 e. The molecule has 0 spiro atoms. The number of ether oxygens (including phenoxy) is 7. The van der Waals surface area contributed by atoms with Crippen molar-refractivity contribution in [1.29, 1.82) is 0 Å². The second-order valence-electron chi connectivity index (χ2n) is 13.7. The summed E-state index contributed by atoms with van der Waals surface area (Å²) in [6.07, 6.45) is 8.41. The van der Waals surface area contributed by atoms with Crippen LogP contribution in [0.2, 0.25) is 0 Å². The quantitative estimate of drug-likeness (QED) is 0.0725. The van der Waals surface area contributed by atoms with Gasteiger partial charge in [-0.1, -0.05) is 42.5 Å². The van der Waals surface area contributed by atoms with Gasteiger partial charge in [0.25, 0.3) is 0 Å². The van der Waals surface area contributed by atoms with E-state index in [2.05, 4.69) is 0 Å². The zero-order valence-electron chi connectivity index (χ0n) is 34.0. The topological polar surface area (TPSA) is 133 Å². The summed E-state index contributed by atoms with van der Waals surface area (Å²) in [5.74, 6) is -1.23. The van der Waals surface area contributed by atoms with Crippen molar-refractivity contribution in [3.8, 4) is 40.2 Å². The predicted molar refractivity (Wildman–Crippen MR) is 221 cm³/mol. The Kier molecular flexibility index (Phi) is 13.9. The summed E-state index contributed by atoms with van der Waals surface area (Å²) < 4.78 is 38.2. The normalized spacial score (nSPS) is 16.6. The number of benzene rings is 4. The van der Waals surface area contributed by atoms with E-state index in [1.807, 2.05) is 19.1 Å². The molecule has 11 nitrogen and oxygen atoms in total. The van der Waals surface area contributed by atoms with E-state index in [-0.39, 0.29) is 12.8 Å². The molecule has 11 heteroatoms. The van der Waals surface area contributed by atoms with Gasteiger partial charge in [0.05, 0.1) is 61.6 Å². The van der Waals surface area contributed by atoms with Crippen LogP contribution in [0, 0.1) is 18.8 Å². The lowest BCUT2D eigenvalue weighted by Crippen LogP contribution is -2.42. The molecule has 4 aromatic rings. The zero-order chi connectivity index (χ0) is 42.0. The van der Waals surface area contributed by atoms with Gasteiger partial charge in [-0.2, -0.15) is 0 Å². The van der Waals surface area contributed by atoms with Crippen LogP contribution in [0.25, 0.3) is 18.2 Å². The molecular weight excluding hydrogens is 741 g/mol. The summed E-state index contributed by atoms with van der Waals surface area (Å²) in [7, 11) is 10.6. The molecule has 0 N–H and O–H groups in total. The summed E-state index contributed by atoms with van der Waals surface area (Å²) in [6, 6.07) is 20.8. The van der Waals surface area contributed by atoms with Crippen LogP contribution in [0.15, 0.2) is 91.0 Å². The SMILES string of the molecule is COc1ccc(/C=C/C(=O)C2CC(c3ccc(OC)c(OC)c3)(C(C(=O)/C=C/c3ccc(OC)c(OC)c3)C(=O)/C=C/c3ccc(OC)c(OC)c3)CC2=O)cc1C. The molecule has 2 unspecified atom stereocenters. The van der Waals surface area contributed by atoms with Gasteiger partial charge < -0.3 is 33.2 Å². The third-order valence-corrected chi connectivity index (χ3v) is 10.4. The molecule has 0 heterocycles. The van der Waals surface area contributed by atoms with Crippen molar-refractivity contribution in [3.05, 3.63) is 119 Å². The van der Waals surface area contributed by atoms with E-state index >= 15 is 0 Å². The fourth-order valence-corrected chi connectivity index (χ4v) is 7.44. The van der Waals surface area contributed by atoms with Crippen molar-refractivity contribution in [2.45, 2.75) is 25.2 Å². The van der Waals surface area contributed by atoms with Crippen LogP contribution in [0.4, 0.5) is 0 Å². The molecular formula is C47H48O11. The number of hydrogen-bond acceptors (Lipinski definition) is 11. The van der Waals surface area contributed by atoms with E-state index in [9.17, 15) is 19.2 Å². The molecule has 4 aromatic carbocycles. The molecule has 0 aliphatic heterocycles. The van der Waals surface area contributed by atoms with Crippen LogP contribution in [-0.4, -0.2) is 72.9 Å². The summed E-state index contributed by atoms with van der Waals surface area (Å²) in [4.78, 5) is 57.6. The van der Waals surface area contributed by atoms with Crippen LogP contribution in [-0.2, 0) is 24.6 Å². The Morgan fingerprint density at radius 3 is 1.43 bits per heavy atom. The van der Waals surface area contributed by atoms with Crippen molar-refractivity contribution in [2.24, 2.45) is 11.8 Å². The van der Waals surface area contributed by atoms with Crippen molar-refractivity contribution < 1.29 is 52.3 Å². The number of allylic oxidation sites excluding steroid dienone is 3. The van der Waals surface area contributed by atoms with E-state index in [1.54, 1.807) is 86.0 Å². The highest BCUT2D eigenvalue weighted by Crippen LogP contribution is 2.51. The Morgan fingerprint density at radius 2 is 0.966 bits per heavy atom. The molecule has 1 fully saturated rings. The molecule has 0 bridgehead atoms. The van der Waals surface area contributed by atoms with Gasteiger partial charge in [0.2, 0.25) is 0 Å². The molecule has 58 heavy (non-hydrogen) atoms. The second-order valence-corrected chi connectivity index (χ2v) is 13.7. The average Bonchev–Trinajstić information content (AvgIpc) is 3.60. The zero-order valence-corrected chi connectivity index (χ0v) is 34.0. The predicted octanol–water partition coefficient (Wildman–Crippen LogP) is 7.74. The van der Waals surface area contributed by atoms with Gasteiger partial charge >= 0.3 is 0 Å². The number of aryl methyl sites for hydroxylation is 1. The first-order valence-corrected chi connectivity index (χ1v) is 18.4. The average molecular weight is 789 g/mol. The number of carbonyl (C=O) groups is 4. The third kappa shape index (κ3) is 9.15. The van der Waals surface area contributed by atoms with Crippen molar-refractivity contribution >= 4 is 41.4 Å². The molecule has 1 aliphatic rings. The highest BCUT2D eigenvalue weighted by molar-refractivity contribution is 6.17. The number of carbonyl (C=O) groups excluding carboxylic acids is 4. The van der Waals surface area contributed by atoms with Crippen LogP contribution < -0.4 is 33.2 Å². The lowest BCUT2D eigenvalue weighted by Gasteiger charge is -2.35. The number of ketones is 4. The molecule has 1 saturated carbocycles. The van der Waals surface area contributed by atoms with Gasteiger partial charge in [0, 0.05) is 11.8 Å². The Bertz CT molecular complexity index is 2190. The summed E-state index contributed by atoms with van der Waals surface area (Å²) >= 11 is 0. The Morgan fingerprint density at radius 1 is 0.552 bits per heavy atom. The van der Waals surface area contributed by atoms with Crippen molar-refractivity contribution in [2.75, 3.05) is 49.8 Å². The molecule has 1 aliphatic carbocycles. The molecule has 0 amide bonds. The Balaban J connectivity index is 1.64. The van der Waals surface area contributed by atoms with E-state index in [4.69, 9.17) is 33.2 Å². The van der Waals surface area contributed by atoms with Gasteiger partial charge in [0.15, 0.2) is 51.8 Å². The molecule has 5 rings (SSSR count). The van der Waals surface area contributed by atoms with Crippen molar-refractivity contribution in [3.63, 3.8) is 0 Å². The van der Waals surface area contributed by atoms with Gasteiger partial charge in [0.1, 0.15) is 11.5 Å². The maximum absolute atomic E-state index is 14.7. The number of Topliss-reactive ketones (excluding diaryl/α,β-unsaturated/α-hetero) is 1. The maximum atomic E-state index is 14.7.